The maximum absolute atomic E-state index is 12.2. The van der Waals surface area contributed by atoms with Gasteiger partial charge in [-0.3, -0.25) is 4.79 Å². The van der Waals surface area contributed by atoms with Crippen LogP contribution in [-0.2, 0) is 4.79 Å². The highest BCUT2D eigenvalue weighted by molar-refractivity contribution is 6.30. The Balaban J connectivity index is 1.97. The third-order valence-electron chi connectivity index (χ3n) is 3.73. The first-order chi connectivity index (χ1) is 10.1. The fourth-order valence-electron chi connectivity index (χ4n) is 2.53. The van der Waals surface area contributed by atoms with Crippen LogP contribution in [0.15, 0.2) is 18.2 Å². The molecule has 1 aromatic carbocycles. The van der Waals surface area contributed by atoms with Gasteiger partial charge in [-0.15, -0.1) is 0 Å². The zero-order valence-corrected chi connectivity index (χ0v) is 13.1. The molecular formula is C16H22ClNO3. The topological polar surface area (TPSA) is 49.8 Å². The van der Waals surface area contributed by atoms with E-state index >= 15 is 0 Å². The van der Waals surface area contributed by atoms with Gasteiger partial charge in [0.2, 0.25) is 0 Å². The first-order valence-electron chi connectivity index (χ1n) is 7.46. The summed E-state index contributed by atoms with van der Waals surface area (Å²) < 4.78 is 5.60. The normalized spacial score (nSPS) is 17.2. The first kappa shape index (κ1) is 16.1. The van der Waals surface area contributed by atoms with Crippen LogP contribution in [0.25, 0.3) is 0 Å². The van der Waals surface area contributed by atoms with Crippen LogP contribution in [-0.4, -0.2) is 35.6 Å². The van der Waals surface area contributed by atoms with E-state index in [2.05, 4.69) is 0 Å². The molecule has 1 heterocycles. The van der Waals surface area contributed by atoms with E-state index in [0.29, 0.717) is 16.3 Å². The number of nitrogens with zero attached hydrogens (tertiary/aromatic N) is 1. The SMILES string of the molecule is C[C@H](O)c1cc(Cl)ccc1OCC(=O)N1CCCCCC1. The van der Waals surface area contributed by atoms with Gasteiger partial charge in [-0.1, -0.05) is 24.4 Å². The predicted molar refractivity (Wildman–Crippen MR) is 82.6 cm³/mol. The minimum Gasteiger partial charge on any atom is -0.483 e. The number of rotatable bonds is 4. The Labute approximate surface area is 130 Å². The molecule has 0 saturated carbocycles. The van der Waals surface area contributed by atoms with Gasteiger partial charge in [0.1, 0.15) is 5.75 Å². The van der Waals surface area contributed by atoms with Gasteiger partial charge < -0.3 is 14.7 Å². The maximum Gasteiger partial charge on any atom is 0.260 e. The third kappa shape index (κ3) is 4.61. The number of benzene rings is 1. The molecule has 21 heavy (non-hydrogen) atoms. The summed E-state index contributed by atoms with van der Waals surface area (Å²) >= 11 is 5.92. The van der Waals surface area contributed by atoms with Crippen molar-refractivity contribution in [3.05, 3.63) is 28.8 Å². The van der Waals surface area contributed by atoms with Gasteiger partial charge in [-0.25, -0.2) is 0 Å². The molecule has 1 aromatic rings. The number of likely N-dealkylation sites (tertiary alicyclic amines) is 1. The summed E-state index contributed by atoms with van der Waals surface area (Å²) in [5.74, 6) is 0.515. The molecule has 1 aliphatic rings. The number of hydrogen-bond donors (Lipinski definition) is 1. The minimum absolute atomic E-state index is 0.00134. The summed E-state index contributed by atoms with van der Waals surface area (Å²) in [5, 5.41) is 10.3. The zero-order valence-electron chi connectivity index (χ0n) is 12.3. The van der Waals surface area contributed by atoms with E-state index in [-0.39, 0.29) is 12.5 Å². The van der Waals surface area contributed by atoms with E-state index in [9.17, 15) is 9.90 Å². The van der Waals surface area contributed by atoms with E-state index in [0.717, 1.165) is 25.9 Å². The molecule has 1 fully saturated rings. The molecule has 0 aliphatic carbocycles. The van der Waals surface area contributed by atoms with Crippen LogP contribution in [0.1, 0.15) is 44.3 Å². The molecule has 0 spiro atoms. The standard InChI is InChI=1S/C16H22ClNO3/c1-12(19)14-10-13(17)6-7-15(14)21-11-16(20)18-8-4-2-3-5-9-18/h6-7,10,12,19H,2-5,8-9,11H2,1H3/t12-/m0/s1. The average Bonchev–Trinajstić information content (AvgIpc) is 2.74. The van der Waals surface area contributed by atoms with E-state index in [1.807, 2.05) is 4.90 Å². The third-order valence-corrected chi connectivity index (χ3v) is 3.97. The van der Waals surface area contributed by atoms with Crippen molar-refractivity contribution < 1.29 is 14.6 Å². The highest BCUT2D eigenvalue weighted by atomic mass is 35.5. The number of carbonyl (C=O) groups excluding carboxylic acids is 1. The van der Waals surface area contributed by atoms with E-state index in [1.54, 1.807) is 25.1 Å². The van der Waals surface area contributed by atoms with Crippen molar-refractivity contribution in [2.75, 3.05) is 19.7 Å². The molecule has 4 nitrogen and oxygen atoms in total. The summed E-state index contributed by atoms with van der Waals surface area (Å²) in [6.07, 6.45) is 3.81. The maximum atomic E-state index is 12.2. The van der Waals surface area contributed by atoms with Crippen molar-refractivity contribution in [2.45, 2.75) is 38.7 Å². The molecular weight excluding hydrogens is 290 g/mol. The van der Waals surface area contributed by atoms with Crippen molar-refractivity contribution in [3.8, 4) is 5.75 Å². The largest absolute Gasteiger partial charge is 0.483 e. The number of amides is 1. The van der Waals surface area contributed by atoms with Crippen LogP contribution in [0.3, 0.4) is 0 Å². The number of aliphatic hydroxyl groups is 1. The minimum atomic E-state index is -0.688. The van der Waals surface area contributed by atoms with Crippen molar-refractivity contribution in [1.29, 1.82) is 0 Å². The van der Waals surface area contributed by atoms with Crippen LogP contribution in [0.2, 0.25) is 5.02 Å². The van der Waals surface area contributed by atoms with Gasteiger partial charge in [0.25, 0.3) is 5.91 Å². The predicted octanol–water partition coefficient (Wildman–Crippen LogP) is 3.17. The zero-order chi connectivity index (χ0) is 15.2. The summed E-state index contributed by atoms with van der Waals surface area (Å²) in [7, 11) is 0. The molecule has 1 saturated heterocycles. The van der Waals surface area contributed by atoms with Gasteiger partial charge in [0, 0.05) is 23.7 Å². The van der Waals surface area contributed by atoms with E-state index in [4.69, 9.17) is 16.3 Å². The molecule has 0 radical (unpaired) electrons. The van der Waals surface area contributed by atoms with Crippen molar-refractivity contribution in [1.82, 2.24) is 4.90 Å². The Bertz CT molecular complexity index is 482. The second-order valence-corrected chi connectivity index (χ2v) is 5.88. The van der Waals surface area contributed by atoms with Crippen LogP contribution < -0.4 is 4.74 Å². The monoisotopic (exact) mass is 311 g/mol. The lowest BCUT2D eigenvalue weighted by Gasteiger charge is -2.21. The fourth-order valence-corrected chi connectivity index (χ4v) is 2.71. The second kappa shape index (κ2) is 7.66. The lowest BCUT2D eigenvalue weighted by atomic mass is 10.1. The van der Waals surface area contributed by atoms with E-state index in [1.165, 1.54) is 12.8 Å². The first-order valence-corrected chi connectivity index (χ1v) is 7.84. The average molecular weight is 312 g/mol. The number of carbonyl (C=O) groups is 1. The van der Waals surface area contributed by atoms with Gasteiger partial charge in [0.05, 0.1) is 6.10 Å². The number of ether oxygens (including phenoxy) is 1. The molecule has 2 rings (SSSR count). The lowest BCUT2D eigenvalue weighted by Crippen LogP contribution is -2.35. The Morgan fingerprint density at radius 2 is 2.00 bits per heavy atom. The number of halogens is 1. The Morgan fingerprint density at radius 3 is 2.62 bits per heavy atom. The molecule has 1 N–H and O–H groups in total. The lowest BCUT2D eigenvalue weighted by molar-refractivity contribution is -0.133. The Morgan fingerprint density at radius 1 is 1.33 bits per heavy atom. The molecule has 0 unspecified atom stereocenters. The molecule has 0 aromatic heterocycles. The van der Waals surface area contributed by atoms with Crippen molar-refractivity contribution in [2.24, 2.45) is 0 Å². The molecule has 1 amide bonds. The summed E-state index contributed by atoms with van der Waals surface area (Å²) in [6.45, 7) is 3.27. The molecule has 5 heteroatoms. The molecule has 1 aliphatic heterocycles. The summed E-state index contributed by atoms with van der Waals surface area (Å²) in [4.78, 5) is 14.1. The quantitative estimate of drug-likeness (QED) is 0.929. The van der Waals surface area contributed by atoms with Gasteiger partial charge in [0.15, 0.2) is 6.61 Å². The summed E-state index contributed by atoms with van der Waals surface area (Å²) in [6, 6.07) is 5.05. The fraction of sp³-hybridized carbons (Fsp3) is 0.562. The van der Waals surface area contributed by atoms with Crippen LogP contribution in [0.4, 0.5) is 0 Å². The molecule has 1 atom stereocenters. The number of aliphatic hydroxyl groups excluding tert-OH is 1. The highest BCUT2D eigenvalue weighted by Crippen LogP contribution is 2.28. The van der Waals surface area contributed by atoms with Crippen molar-refractivity contribution in [3.63, 3.8) is 0 Å². The van der Waals surface area contributed by atoms with E-state index < -0.39 is 6.10 Å². The molecule has 0 bridgehead atoms. The van der Waals surface area contributed by atoms with Gasteiger partial charge >= 0.3 is 0 Å². The highest BCUT2D eigenvalue weighted by Gasteiger charge is 2.17. The van der Waals surface area contributed by atoms with Crippen LogP contribution in [0, 0.1) is 0 Å². The van der Waals surface area contributed by atoms with Gasteiger partial charge in [-0.2, -0.15) is 0 Å². The Hall–Kier alpha value is -1.26. The summed E-state index contributed by atoms with van der Waals surface area (Å²) in [5.41, 5.74) is 0.603. The molecule has 116 valence electrons. The Kier molecular flexibility index (Phi) is 5.88. The van der Waals surface area contributed by atoms with Crippen LogP contribution in [0.5, 0.6) is 5.75 Å². The number of hydrogen-bond acceptors (Lipinski definition) is 3. The smallest absolute Gasteiger partial charge is 0.260 e. The van der Waals surface area contributed by atoms with Crippen LogP contribution >= 0.6 is 11.6 Å². The van der Waals surface area contributed by atoms with Gasteiger partial charge in [-0.05, 0) is 38.0 Å². The second-order valence-electron chi connectivity index (χ2n) is 5.44. The van der Waals surface area contributed by atoms with Crippen molar-refractivity contribution >= 4 is 17.5 Å².